The van der Waals surface area contributed by atoms with Gasteiger partial charge in [0.25, 0.3) is 0 Å². The first-order valence-corrected chi connectivity index (χ1v) is 8.60. The molecule has 0 bridgehead atoms. The van der Waals surface area contributed by atoms with Crippen LogP contribution in [-0.4, -0.2) is 25.3 Å². The van der Waals surface area contributed by atoms with Crippen molar-refractivity contribution in [1.82, 2.24) is 0 Å². The smallest absolute Gasteiger partial charge is 0.305 e. The normalized spacial score (nSPS) is 17.1. The van der Waals surface area contributed by atoms with Gasteiger partial charge in [-0.15, -0.1) is 0 Å². The van der Waals surface area contributed by atoms with Gasteiger partial charge in [-0.3, -0.25) is 4.79 Å². The second-order valence-electron chi connectivity index (χ2n) is 5.92. The van der Waals surface area contributed by atoms with Crippen LogP contribution in [0, 0.1) is 0 Å². The predicted octanol–water partition coefficient (Wildman–Crippen LogP) is 4.63. The average molecular weight is 284 g/mol. The Hall–Kier alpha value is -0.570. The molecule has 1 aliphatic rings. The van der Waals surface area contributed by atoms with E-state index in [1.807, 2.05) is 0 Å². The molecule has 3 heteroatoms. The highest BCUT2D eigenvalue weighted by Gasteiger charge is 2.23. The minimum atomic E-state index is -0.0589. The molecule has 1 fully saturated rings. The summed E-state index contributed by atoms with van der Waals surface area (Å²) >= 11 is 0. The Bertz CT molecular complexity index is 236. The van der Waals surface area contributed by atoms with Crippen LogP contribution in [0.15, 0.2) is 0 Å². The van der Waals surface area contributed by atoms with Gasteiger partial charge in [-0.25, -0.2) is 0 Å². The van der Waals surface area contributed by atoms with E-state index in [1.165, 1.54) is 57.8 Å². The fraction of sp³-hybridized carbons (Fsp3) is 0.941. The van der Waals surface area contributed by atoms with Crippen LogP contribution in [0.25, 0.3) is 0 Å². The Kier molecular flexibility index (Phi) is 10.7. The molecule has 0 amide bonds. The zero-order chi connectivity index (χ0) is 14.5. The number of unbranched alkanes of at least 4 members (excludes halogenated alkanes) is 10. The Labute approximate surface area is 124 Å². The lowest BCUT2D eigenvalue weighted by molar-refractivity contribution is -0.144. The highest BCUT2D eigenvalue weighted by molar-refractivity contribution is 5.69. The van der Waals surface area contributed by atoms with Crippen molar-refractivity contribution in [1.29, 1.82) is 0 Å². The molecule has 1 saturated heterocycles. The number of ether oxygens (including phenoxy) is 2. The van der Waals surface area contributed by atoms with Gasteiger partial charge >= 0.3 is 5.97 Å². The van der Waals surface area contributed by atoms with E-state index in [0.717, 1.165) is 19.4 Å². The second kappa shape index (κ2) is 12.2. The van der Waals surface area contributed by atoms with Crippen molar-refractivity contribution in [3.8, 4) is 0 Å². The van der Waals surface area contributed by atoms with Crippen LogP contribution in [-0.2, 0) is 14.3 Å². The highest BCUT2D eigenvalue weighted by Crippen LogP contribution is 2.13. The van der Waals surface area contributed by atoms with Gasteiger partial charge in [0.15, 0.2) is 0 Å². The Morgan fingerprint density at radius 2 is 1.45 bits per heavy atom. The van der Waals surface area contributed by atoms with Crippen LogP contribution in [0.1, 0.15) is 84.0 Å². The molecule has 1 atom stereocenters. The topological polar surface area (TPSA) is 38.8 Å². The summed E-state index contributed by atoms with van der Waals surface area (Å²) in [5, 5.41) is 0. The van der Waals surface area contributed by atoms with Crippen LogP contribution in [0.4, 0.5) is 0 Å². The summed E-state index contributed by atoms with van der Waals surface area (Å²) in [5.41, 5.74) is 0. The molecular weight excluding hydrogens is 252 g/mol. The van der Waals surface area contributed by atoms with Crippen molar-refractivity contribution in [3.05, 3.63) is 0 Å². The van der Waals surface area contributed by atoms with Gasteiger partial charge < -0.3 is 9.47 Å². The molecule has 0 aromatic heterocycles. The maximum Gasteiger partial charge on any atom is 0.305 e. The first-order chi connectivity index (χ1) is 9.83. The number of epoxide rings is 1. The maximum absolute atomic E-state index is 11.4. The molecule has 3 nitrogen and oxygen atoms in total. The Balaban J connectivity index is 1.70. The average Bonchev–Trinajstić information content (AvgIpc) is 3.27. The molecule has 0 aliphatic carbocycles. The Morgan fingerprint density at radius 3 is 1.95 bits per heavy atom. The number of hydrogen-bond donors (Lipinski definition) is 0. The molecule has 1 rings (SSSR count). The lowest BCUT2D eigenvalue weighted by Crippen LogP contribution is -2.09. The lowest BCUT2D eigenvalue weighted by Gasteiger charge is -2.03. The van der Waals surface area contributed by atoms with Gasteiger partial charge in [-0.1, -0.05) is 71.1 Å². The van der Waals surface area contributed by atoms with Gasteiger partial charge in [-0.05, 0) is 6.42 Å². The molecule has 1 heterocycles. The summed E-state index contributed by atoms with van der Waals surface area (Å²) < 4.78 is 10.1. The van der Waals surface area contributed by atoms with E-state index in [4.69, 9.17) is 9.47 Å². The van der Waals surface area contributed by atoms with Gasteiger partial charge in [0.05, 0.1) is 6.61 Å². The third kappa shape index (κ3) is 11.3. The molecule has 1 aliphatic heterocycles. The monoisotopic (exact) mass is 284 g/mol. The molecular formula is C17H32O3. The van der Waals surface area contributed by atoms with E-state index < -0.39 is 0 Å². The molecule has 0 radical (unpaired) electrons. The molecule has 0 aromatic rings. The first-order valence-electron chi connectivity index (χ1n) is 8.60. The van der Waals surface area contributed by atoms with Crippen molar-refractivity contribution in [2.24, 2.45) is 0 Å². The van der Waals surface area contributed by atoms with E-state index in [2.05, 4.69) is 6.92 Å². The molecule has 0 aromatic carbocycles. The zero-order valence-electron chi connectivity index (χ0n) is 13.2. The van der Waals surface area contributed by atoms with Crippen molar-refractivity contribution in [2.45, 2.75) is 90.1 Å². The zero-order valence-corrected chi connectivity index (χ0v) is 13.2. The van der Waals surface area contributed by atoms with Gasteiger partial charge in [0, 0.05) is 6.42 Å². The molecule has 20 heavy (non-hydrogen) atoms. The van der Waals surface area contributed by atoms with Crippen LogP contribution in [0.2, 0.25) is 0 Å². The van der Waals surface area contributed by atoms with E-state index in [0.29, 0.717) is 13.0 Å². The summed E-state index contributed by atoms with van der Waals surface area (Å²) in [4.78, 5) is 11.4. The second-order valence-corrected chi connectivity index (χ2v) is 5.92. The third-order valence-corrected chi connectivity index (χ3v) is 3.82. The summed E-state index contributed by atoms with van der Waals surface area (Å²) in [5.74, 6) is -0.0589. The van der Waals surface area contributed by atoms with Crippen LogP contribution in [0.3, 0.4) is 0 Å². The van der Waals surface area contributed by atoms with E-state index >= 15 is 0 Å². The number of hydrogen-bond acceptors (Lipinski definition) is 3. The highest BCUT2D eigenvalue weighted by atomic mass is 16.6. The summed E-state index contributed by atoms with van der Waals surface area (Å²) in [6.07, 6.45) is 15.1. The SMILES string of the molecule is CCCCCCCCCCCCCC(=O)OCC1CO1. The Morgan fingerprint density at radius 1 is 0.950 bits per heavy atom. The quantitative estimate of drug-likeness (QED) is 0.265. The van der Waals surface area contributed by atoms with Crippen LogP contribution >= 0.6 is 0 Å². The summed E-state index contributed by atoms with van der Waals surface area (Å²) in [6, 6.07) is 0. The summed E-state index contributed by atoms with van der Waals surface area (Å²) in [7, 11) is 0. The van der Waals surface area contributed by atoms with Crippen LogP contribution in [0.5, 0.6) is 0 Å². The van der Waals surface area contributed by atoms with Crippen molar-refractivity contribution in [3.63, 3.8) is 0 Å². The standard InChI is InChI=1S/C17H32O3/c1-2-3-4-5-6-7-8-9-10-11-12-13-17(18)20-15-16-14-19-16/h16H,2-15H2,1H3. The lowest BCUT2D eigenvalue weighted by atomic mass is 10.1. The van der Waals surface area contributed by atoms with E-state index in [1.54, 1.807) is 0 Å². The van der Waals surface area contributed by atoms with Gasteiger partial charge in [-0.2, -0.15) is 0 Å². The van der Waals surface area contributed by atoms with Crippen molar-refractivity contribution < 1.29 is 14.3 Å². The van der Waals surface area contributed by atoms with Crippen LogP contribution < -0.4 is 0 Å². The summed E-state index contributed by atoms with van der Waals surface area (Å²) in [6.45, 7) is 3.47. The third-order valence-electron chi connectivity index (χ3n) is 3.82. The molecule has 1 unspecified atom stereocenters. The number of rotatable bonds is 14. The maximum atomic E-state index is 11.4. The van der Waals surface area contributed by atoms with E-state index in [-0.39, 0.29) is 12.1 Å². The van der Waals surface area contributed by atoms with Crippen molar-refractivity contribution >= 4 is 5.97 Å². The molecule has 0 saturated carbocycles. The first kappa shape index (κ1) is 17.5. The number of carbonyl (C=O) groups is 1. The fourth-order valence-electron chi connectivity index (χ4n) is 2.36. The number of carbonyl (C=O) groups excluding carboxylic acids is 1. The fourth-order valence-corrected chi connectivity index (χ4v) is 2.36. The van der Waals surface area contributed by atoms with Gasteiger partial charge in [0.1, 0.15) is 12.7 Å². The molecule has 118 valence electrons. The minimum Gasteiger partial charge on any atom is -0.463 e. The molecule has 0 spiro atoms. The molecule has 0 N–H and O–H groups in total. The number of esters is 1. The van der Waals surface area contributed by atoms with Gasteiger partial charge in [0.2, 0.25) is 0 Å². The van der Waals surface area contributed by atoms with E-state index in [9.17, 15) is 4.79 Å². The van der Waals surface area contributed by atoms with Crippen molar-refractivity contribution in [2.75, 3.05) is 13.2 Å². The largest absolute Gasteiger partial charge is 0.463 e. The predicted molar refractivity (Wildman–Crippen MR) is 81.8 cm³/mol. The minimum absolute atomic E-state index is 0.0589.